The van der Waals surface area contributed by atoms with Crippen LogP contribution >= 0.6 is 0 Å². The van der Waals surface area contributed by atoms with E-state index in [1.54, 1.807) is 6.07 Å². The molecule has 0 saturated heterocycles. The molecule has 5 heteroatoms. The number of benzene rings is 2. The summed E-state index contributed by atoms with van der Waals surface area (Å²) in [5.41, 5.74) is 4.63. The zero-order valence-electron chi connectivity index (χ0n) is 14.9. The van der Waals surface area contributed by atoms with Crippen molar-refractivity contribution in [2.75, 3.05) is 16.8 Å². The number of fused-ring (bicyclic) bond motifs is 1. The molecule has 1 N–H and O–H groups in total. The van der Waals surface area contributed by atoms with E-state index in [2.05, 4.69) is 38.4 Å². The van der Waals surface area contributed by atoms with Gasteiger partial charge in [0.1, 0.15) is 17.3 Å². The van der Waals surface area contributed by atoms with Crippen molar-refractivity contribution in [3.8, 4) is 0 Å². The molecule has 0 unspecified atom stereocenters. The average Bonchev–Trinajstić information content (AvgIpc) is 3.07. The number of hydrogen-bond acceptors (Lipinski definition) is 4. The molecule has 4 rings (SSSR count). The fraction of sp³-hybridized carbons (Fsp3) is 0.190. The van der Waals surface area contributed by atoms with E-state index < -0.39 is 0 Å². The minimum Gasteiger partial charge on any atom is -0.326 e. The number of hydrogen-bond donors (Lipinski definition) is 1. The SMILES string of the molecule is Cc1nc(C(=O)Nc2ccccc2C)cc(N2CCc3ccccc32)n1. The maximum Gasteiger partial charge on any atom is 0.274 e. The molecule has 130 valence electrons. The molecule has 26 heavy (non-hydrogen) atoms. The Morgan fingerprint density at radius 2 is 1.81 bits per heavy atom. The van der Waals surface area contributed by atoms with Gasteiger partial charge in [-0.15, -0.1) is 0 Å². The van der Waals surface area contributed by atoms with Crippen LogP contribution in [-0.4, -0.2) is 22.4 Å². The van der Waals surface area contributed by atoms with E-state index in [-0.39, 0.29) is 5.91 Å². The van der Waals surface area contributed by atoms with Crippen molar-refractivity contribution in [3.05, 3.63) is 77.2 Å². The topological polar surface area (TPSA) is 58.1 Å². The monoisotopic (exact) mass is 344 g/mol. The molecule has 0 atom stereocenters. The van der Waals surface area contributed by atoms with Crippen molar-refractivity contribution in [2.45, 2.75) is 20.3 Å². The Balaban J connectivity index is 1.65. The average molecular weight is 344 g/mol. The highest BCUT2D eigenvalue weighted by Crippen LogP contribution is 2.33. The van der Waals surface area contributed by atoms with Gasteiger partial charge in [0, 0.05) is 24.0 Å². The Kier molecular flexibility index (Phi) is 4.13. The molecule has 2 aromatic carbocycles. The Morgan fingerprint density at radius 3 is 2.65 bits per heavy atom. The number of amides is 1. The summed E-state index contributed by atoms with van der Waals surface area (Å²) in [5.74, 6) is 1.12. The molecule has 0 radical (unpaired) electrons. The summed E-state index contributed by atoms with van der Waals surface area (Å²) in [4.78, 5) is 23.8. The van der Waals surface area contributed by atoms with Gasteiger partial charge in [-0.1, -0.05) is 36.4 Å². The molecular formula is C21H20N4O. The first-order chi connectivity index (χ1) is 12.6. The van der Waals surface area contributed by atoms with E-state index in [0.717, 1.165) is 35.7 Å². The zero-order chi connectivity index (χ0) is 18.1. The van der Waals surface area contributed by atoms with Crippen molar-refractivity contribution >= 4 is 23.1 Å². The van der Waals surface area contributed by atoms with Gasteiger partial charge >= 0.3 is 0 Å². The second-order valence-electron chi connectivity index (χ2n) is 6.46. The van der Waals surface area contributed by atoms with Crippen LogP contribution < -0.4 is 10.2 Å². The van der Waals surface area contributed by atoms with Crippen molar-refractivity contribution < 1.29 is 4.79 Å². The van der Waals surface area contributed by atoms with E-state index in [9.17, 15) is 4.79 Å². The third-order valence-electron chi connectivity index (χ3n) is 4.61. The van der Waals surface area contributed by atoms with Crippen LogP contribution in [0.4, 0.5) is 17.2 Å². The van der Waals surface area contributed by atoms with Gasteiger partial charge in [0.05, 0.1) is 0 Å². The highest BCUT2D eigenvalue weighted by molar-refractivity contribution is 6.03. The van der Waals surface area contributed by atoms with E-state index in [4.69, 9.17) is 0 Å². The van der Waals surface area contributed by atoms with Crippen LogP contribution in [0, 0.1) is 13.8 Å². The summed E-state index contributed by atoms with van der Waals surface area (Å²) < 4.78 is 0. The third-order valence-corrected chi connectivity index (χ3v) is 4.61. The number of aryl methyl sites for hydroxylation is 2. The smallest absolute Gasteiger partial charge is 0.274 e. The summed E-state index contributed by atoms with van der Waals surface area (Å²) >= 11 is 0. The lowest BCUT2D eigenvalue weighted by Crippen LogP contribution is -2.19. The van der Waals surface area contributed by atoms with Gasteiger partial charge < -0.3 is 10.2 Å². The molecular weight excluding hydrogens is 324 g/mol. The second kappa shape index (κ2) is 6.59. The van der Waals surface area contributed by atoms with Crippen LogP contribution in [0.15, 0.2) is 54.6 Å². The molecule has 1 aliphatic heterocycles. The normalized spacial score (nSPS) is 12.8. The number of aromatic nitrogens is 2. The van der Waals surface area contributed by atoms with Crippen LogP contribution in [0.2, 0.25) is 0 Å². The van der Waals surface area contributed by atoms with Gasteiger partial charge in [-0.25, -0.2) is 9.97 Å². The van der Waals surface area contributed by atoms with Crippen LogP contribution in [-0.2, 0) is 6.42 Å². The number of para-hydroxylation sites is 2. The Morgan fingerprint density at radius 1 is 1.04 bits per heavy atom. The van der Waals surface area contributed by atoms with Crippen LogP contribution in [0.3, 0.4) is 0 Å². The standard InChI is InChI=1S/C21H20N4O/c1-14-7-3-5-9-17(14)24-21(26)18-13-20(23-15(2)22-18)25-12-11-16-8-4-6-10-19(16)25/h3-10,13H,11-12H2,1-2H3,(H,24,26). The minimum atomic E-state index is -0.224. The number of anilines is 3. The molecule has 0 spiro atoms. The van der Waals surface area contributed by atoms with E-state index in [0.29, 0.717) is 11.5 Å². The lowest BCUT2D eigenvalue weighted by Gasteiger charge is -2.19. The van der Waals surface area contributed by atoms with E-state index >= 15 is 0 Å². The molecule has 0 aliphatic carbocycles. The number of nitrogens with zero attached hydrogens (tertiary/aromatic N) is 3. The van der Waals surface area contributed by atoms with E-state index in [1.165, 1.54) is 5.56 Å². The first-order valence-corrected chi connectivity index (χ1v) is 8.70. The number of carbonyl (C=O) groups is 1. The summed E-state index contributed by atoms with van der Waals surface area (Å²) in [5, 5.41) is 2.94. The Labute approximate surface area is 152 Å². The third kappa shape index (κ3) is 3.04. The van der Waals surface area contributed by atoms with Crippen LogP contribution in [0.25, 0.3) is 0 Å². The lowest BCUT2D eigenvalue weighted by molar-refractivity contribution is 0.102. The highest BCUT2D eigenvalue weighted by atomic mass is 16.1. The zero-order valence-corrected chi connectivity index (χ0v) is 14.9. The predicted molar refractivity (Wildman–Crippen MR) is 103 cm³/mol. The van der Waals surface area contributed by atoms with Crippen molar-refractivity contribution in [2.24, 2.45) is 0 Å². The van der Waals surface area contributed by atoms with Gasteiger partial charge in [0.15, 0.2) is 0 Å². The summed E-state index contributed by atoms with van der Waals surface area (Å²) in [6.45, 7) is 4.64. The summed E-state index contributed by atoms with van der Waals surface area (Å²) in [6.07, 6.45) is 0.976. The fourth-order valence-corrected chi connectivity index (χ4v) is 3.28. The molecule has 0 fully saturated rings. The Bertz CT molecular complexity index is 983. The first kappa shape index (κ1) is 16.3. The van der Waals surface area contributed by atoms with Crippen LogP contribution in [0.1, 0.15) is 27.4 Å². The van der Waals surface area contributed by atoms with Crippen LogP contribution in [0.5, 0.6) is 0 Å². The largest absolute Gasteiger partial charge is 0.326 e. The van der Waals surface area contributed by atoms with Gasteiger partial charge in [0.25, 0.3) is 5.91 Å². The molecule has 1 aliphatic rings. The quantitative estimate of drug-likeness (QED) is 0.779. The number of carbonyl (C=O) groups excluding carboxylic acids is 1. The van der Waals surface area contributed by atoms with Gasteiger partial charge in [-0.05, 0) is 43.5 Å². The van der Waals surface area contributed by atoms with Crippen molar-refractivity contribution in [3.63, 3.8) is 0 Å². The molecule has 2 heterocycles. The second-order valence-corrected chi connectivity index (χ2v) is 6.46. The van der Waals surface area contributed by atoms with E-state index in [1.807, 2.05) is 44.2 Å². The van der Waals surface area contributed by atoms with Gasteiger partial charge in [-0.2, -0.15) is 0 Å². The molecule has 0 saturated carbocycles. The van der Waals surface area contributed by atoms with Crippen molar-refractivity contribution in [1.82, 2.24) is 9.97 Å². The molecule has 3 aromatic rings. The molecule has 1 aromatic heterocycles. The molecule has 1 amide bonds. The van der Waals surface area contributed by atoms with Gasteiger partial charge in [-0.3, -0.25) is 4.79 Å². The van der Waals surface area contributed by atoms with Gasteiger partial charge in [0.2, 0.25) is 0 Å². The fourth-order valence-electron chi connectivity index (χ4n) is 3.28. The summed E-state index contributed by atoms with van der Waals surface area (Å²) in [7, 11) is 0. The first-order valence-electron chi connectivity index (χ1n) is 8.70. The minimum absolute atomic E-state index is 0.224. The number of rotatable bonds is 3. The van der Waals surface area contributed by atoms with Crippen molar-refractivity contribution in [1.29, 1.82) is 0 Å². The maximum absolute atomic E-state index is 12.7. The predicted octanol–water partition coefficient (Wildman–Crippen LogP) is 4.04. The summed E-state index contributed by atoms with van der Waals surface area (Å²) in [6, 6.07) is 17.8. The number of nitrogens with one attached hydrogen (secondary N) is 1. The molecule has 5 nitrogen and oxygen atoms in total. The maximum atomic E-state index is 12.7. The highest BCUT2D eigenvalue weighted by Gasteiger charge is 2.22. The lowest BCUT2D eigenvalue weighted by atomic mass is 10.2. The molecule has 0 bridgehead atoms. The Hall–Kier alpha value is -3.21.